The van der Waals surface area contributed by atoms with Crippen LogP contribution in [0, 0.1) is 12.8 Å². The number of carbonyl (C=O) groups excluding carboxylic acids is 1. The van der Waals surface area contributed by atoms with Crippen molar-refractivity contribution in [3.8, 4) is 0 Å². The number of hydrogen-bond donors (Lipinski definition) is 2. The van der Waals surface area contributed by atoms with Crippen LogP contribution in [-0.2, 0) is 4.74 Å². The van der Waals surface area contributed by atoms with Gasteiger partial charge in [0.25, 0.3) is 0 Å². The maximum absolute atomic E-state index is 11.8. The highest BCUT2D eigenvalue weighted by molar-refractivity contribution is 5.67. The van der Waals surface area contributed by atoms with Gasteiger partial charge in [-0.3, -0.25) is 0 Å². The molecule has 0 aromatic carbocycles. The number of rotatable bonds is 7. The Hall–Kier alpha value is -2.05. The fourth-order valence-electron chi connectivity index (χ4n) is 2.82. The monoisotopic (exact) mass is 349 g/mol. The topological polar surface area (TPSA) is 79.4 Å². The number of nitrogens with one attached hydrogen (secondary N) is 2. The van der Waals surface area contributed by atoms with Crippen molar-refractivity contribution in [2.24, 2.45) is 5.92 Å². The fourth-order valence-corrected chi connectivity index (χ4v) is 2.82. The minimum Gasteiger partial charge on any atom is -0.450 e. The van der Waals surface area contributed by atoms with Crippen LogP contribution in [0.25, 0.3) is 0 Å². The number of aryl methyl sites for hydroxylation is 1. The smallest absolute Gasteiger partial charge is 0.409 e. The van der Waals surface area contributed by atoms with Crippen molar-refractivity contribution in [3.63, 3.8) is 0 Å². The van der Waals surface area contributed by atoms with Crippen LogP contribution >= 0.6 is 0 Å². The second kappa shape index (κ2) is 9.44. The Labute approximate surface area is 150 Å². The van der Waals surface area contributed by atoms with E-state index in [1.807, 2.05) is 19.9 Å². The number of piperidine rings is 1. The molecule has 2 rings (SSSR count). The quantitative estimate of drug-likeness (QED) is 0.786. The summed E-state index contributed by atoms with van der Waals surface area (Å²) in [5.74, 6) is 2.17. The van der Waals surface area contributed by atoms with Gasteiger partial charge in [-0.15, -0.1) is 0 Å². The lowest BCUT2D eigenvalue weighted by Gasteiger charge is -2.31. The first-order valence-corrected chi connectivity index (χ1v) is 9.25. The lowest BCUT2D eigenvalue weighted by atomic mass is 10.1. The van der Waals surface area contributed by atoms with E-state index in [1.165, 1.54) is 0 Å². The van der Waals surface area contributed by atoms with E-state index in [0.717, 1.165) is 37.3 Å². The van der Waals surface area contributed by atoms with E-state index in [2.05, 4.69) is 34.4 Å². The van der Waals surface area contributed by atoms with Crippen LogP contribution in [0.3, 0.4) is 0 Å². The van der Waals surface area contributed by atoms with Gasteiger partial charge in [-0.05, 0) is 39.0 Å². The molecular weight excluding hydrogens is 318 g/mol. The van der Waals surface area contributed by atoms with Gasteiger partial charge in [-0.25, -0.2) is 9.78 Å². The van der Waals surface area contributed by atoms with Crippen molar-refractivity contribution in [2.75, 3.05) is 36.9 Å². The third-order valence-electron chi connectivity index (χ3n) is 4.23. The average molecular weight is 349 g/mol. The minimum absolute atomic E-state index is 0.213. The van der Waals surface area contributed by atoms with Crippen molar-refractivity contribution in [3.05, 3.63) is 11.8 Å². The van der Waals surface area contributed by atoms with Crippen LogP contribution in [0.4, 0.5) is 16.6 Å². The number of aromatic nitrogens is 2. The lowest BCUT2D eigenvalue weighted by Crippen LogP contribution is -2.42. The molecule has 1 aromatic rings. The first-order chi connectivity index (χ1) is 12.0. The molecule has 2 heterocycles. The summed E-state index contributed by atoms with van der Waals surface area (Å²) in [6.07, 6.45) is 2.65. The fraction of sp³-hybridized carbons (Fsp3) is 0.722. The molecule has 0 bridgehead atoms. The number of ether oxygens (including phenoxy) is 1. The number of hydrogen-bond acceptors (Lipinski definition) is 6. The molecule has 2 N–H and O–H groups in total. The van der Waals surface area contributed by atoms with Crippen LogP contribution < -0.4 is 10.6 Å². The molecule has 7 nitrogen and oxygen atoms in total. The van der Waals surface area contributed by atoms with E-state index in [-0.39, 0.29) is 6.09 Å². The lowest BCUT2D eigenvalue weighted by molar-refractivity contribution is 0.0983. The molecule has 0 aliphatic carbocycles. The van der Waals surface area contributed by atoms with Crippen LogP contribution in [0.1, 0.15) is 45.7 Å². The number of nitrogens with zero attached hydrogens (tertiary/aromatic N) is 3. The van der Waals surface area contributed by atoms with Crippen LogP contribution in [0.5, 0.6) is 0 Å². The SMILES string of the molecule is CCOC(=O)N1CCC(Nc2cc(C)nc(NCCC(C)C)n2)CC1. The van der Waals surface area contributed by atoms with Crippen LogP contribution in [-0.4, -0.2) is 53.2 Å². The van der Waals surface area contributed by atoms with Gasteiger partial charge < -0.3 is 20.3 Å². The Balaban J connectivity index is 1.86. The van der Waals surface area contributed by atoms with Gasteiger partial charge >= 0.3 is 6.09 Å². The Morgan fingerprint density at radius 3 is 2.72 bits per heavy atom. The second-order valence-corrected chi connectivity index (χ2v) is 6.93. The molecule has 140 valence electrons. The summed E-state index contributed by atoms with van der Waals surface area (Å²) in [4.78, 5) is 22.5. The summed E-state index contributed by atoms with van der Waals surface area (Å²) in [6, 6.07) is 2.27. The summed E-state index contributed by atoms with van der Waals surface area (Å²) < 4.78 is 5.06. The molecule has 0 radical (unpaired) electrons. The van der Waals surface area contributed by atoms with Gasteiger partial charge in [0.15, 0.2) is 0 Å². The van der Waals surface area contributed by atoms with Gasteiger partial charge in [0.1, 0.15) is 5.82 Å². The number of likely N-dealkylation sites (tertiary alicyclic amines) is 1. The van der Waals surface area contributed by atoms with E-state index in [4.69, 9.17) is 4.74 Å². The van der Waals surface area contributed by atoms with Crippen molar-refractivity contribution in [2.45, 2.75) is 53.0 Å². The summed E-state index contributed by atoms with van der Waals surface area (Å²) >= 11 is 0. The Morgan fingerprint density at radius 2 is 2.08 bits per heavy atom. The molecule has 1 aliphatic rings. The highest BCUT2D eigenvalue weighted by Crippen LogP contribution is 2.17. The number of amides is 1. The molecule has 1 fully saturated rings. The largest absolute Gasteiger partial charge is 0.450 e. The van der Waals surface area contributed by atoms with Crippen LogP contribution in [0.15, 0.2) is 6.07 Å². The zero-order valence-electron chi connectivity index (χ0n) is 15.8. The first-order valence-electron chi connectivity index (χ1n) is 9.25. The van der Waals surface area contributed by atoms with Gasteiger partial charge in [0.2, 0.25) is 5.95 Å². The molecule has 0 unspecified atom stereocenters. The van der Waals surface area contributed by atoms with Gasteiger partial charge in [-0.1, -0.05) is 13.8 Å². The summed E-state index contributed by atoms with van der Waals surface area (Å²) in [7, 11) is 0. The molecule has 1 saturated heterocycles. The molecule has 25 heavy (non-hydrogen) atoms. The molecule has 0 spiro atoms. The van der Waals surface area contributed by atoms with E-state index in [9.17, 15) is 4.79 Å². The number of anilines is 2. The minimum atomic E-state index is -0.213. The maximum atomic E-state index is 11.8. The average Bonchev–Trinajstić information content (AvgIpc) is 2.55. The van der Waals surface area contributed by atoms with Gasteiger partial charge in [0.05, 0.1) is 6.61 Å². The highest BCUT2D eigenvalue weighted by atomic mass is 16.6. The Kier molecular flexibility index (Phi) is 7.28. The van der Waals surface area contributed by atoms with Crippen LogP contribution in [0.2, 0.25) is 0 Å². The second-order valence-electron chi connectivity index (χ2n) is 6.93. The van der Waals surface area contributed by atoms with E-state index < -0.39 is 0 Å². The van der Waals surface area contributed by atoms with Crippen molar-refractivity contribution >= 4 is 17.9 Å². The van der Waals surface area contributed by atoms with E-state index in [0.29, 0.717) is 37.6 Å². The van der Waals surface area contributed by atoms with Crippen molar-refractivity contribution in [1.82, 2.24) is 14.9 Å². The Morgan fingerprint density at radius 1 is 1.36 bits per heavy atom. The van der Waals surface area contributed by atoms with E-state index in [1.54, 1.807) is 4.90 Å². The molecule has 0 saturated carbocycles. The zero-order chi connectivity index (χ0) is 18.2. The molecule has 1 amide bonds. The molecule has 1 aromatic heterocycles. The molecule has 0 atom stereocenters. The standard InChI is InChI=1S/C18H31N5O2/c1-5-25-18(24)23-10-7-15(8-11-23)21-16-12-14(4)20-17(22-16)19-9-6-13(2)3/h12-13,15H,5-11H2,1-4H3,(H2,19,20,21,22). The predicted octanol–water partition coefficient (Wildman–Crippen LogP) is 3.28. The summed E-state index contributed by atoms with van der Waals surface area (Å²) in [5, 5.41) is 6.78. The zero-order valence-corrected chi connectivity index (χ0v) is 15.8. The van der Waals surface area contributed by atoms with Gasteiger partial charge in [-0.2, -0.15) is 4.98 Å². The third-order valence-corrected chi connectivity index (χ3v) is 4.23. The molecule has 7 heteroatoms. The number of carbonyl (C=O) groups is 1. The summed E-state index contributed by atoms with van der Waals surface area (Å²) in [5.41, 5.74) is 0.938. The normalized spacial score (nSPS) is 15.3. The molecular formula is C18H31N5O2. The molecule has 1 aliphatic heterocycles. The van der Waals surface area contributed by atoms with Crippen molar-refractivity contribution in [1.29, 1.82) is 0 Å². The van der Waals surface area contributed by atoms with E-state index >= 15 is 0 Å². The highest BCUT2D eigenvalue weighted by Gasteiger charge is 2.23. The summed E-state index contributed by atoms with van der Waals surface area (Å²) in [6.45, 7) is 10.9. The first kappa shape index (κ1) is 19.3. The predicted molar refractivity (Wildman–Crippen MR) is 100.0 cm³/mol. The van der Waals surface area contributed by atoms with Gasteiger partial charge in [0, 0.05) is 37.4 Å². The Bertz CT molecular complexity index is 556. The third kappa shape index (κ3) is 6.40. The van der Waals surface area contributed by atoms with Crippen molar-refractivity contribution < 1.29 is 9.53 Å². The maximum Gasteiger partial charge on any atom is 0.409 e.